The largest absolute Gasteiger partial charge is 0.316 e. The molecule has 0 aliphatic rings. The van der Waals surface area contributed by atoms with Crippen molar-refractivity contribution in [2.24, 2.45) is 18.9 Å². The number of hydrogen-bond donors (Lipinski definition) is 1. The van der Waals surface area contributed by atoms with Crippen LogP contribution in [0.4, 0.5) is 0 Å². The molecule has 16 heavy (non-hydrogen) atoms. The molecule has 0 aliphatic heterocycles. The maximum atomic E-state index is 4.22. The van der Waals surface area contributed by atoms with E-state index in [0.717, 1.165) is 19.5 Å². The van der Waals surface area contributed by atoms with E-state index in [1.807, 2.05) is 17.9 Å². The van der Waals surface area contributed by atoms with Crippen molar-refractivity contribution >= 4 is 0 Å². The number of rotatable bonds is 7. The highest BCUT2D eigenvalue weighted by Gasteiger charge is 2.14. The quantitative estimate of drug-likeness (QED) is 0.718. The molecule has 1 heterocycles. The predicted molar refractivity (Wildman–Crippen MR) is 68.4 cm³/mol. The summed E-state index contributed by atoms with van der Waals surface area (Å²) >= 11 is 0. The molecule has 1 N–H and O–H groups in total. The van der Waals surface area contributed by atoms with E-state index in [9.17, 15) is 0 Å². The van der Waals surface area contributed by atoms with Crippen LogP contribution in [-0.4, -0.2) is 22.9 Å². The van der Waals surface area contributed by atoms with Gasteiger partial charge in [-0.15, -0.1) is 0 Å². The van der Waals surface area contributed by atoms with Crippen molar-refractivity contribution in [2.45, 2.75) is 33.6 Å². The van der Waals surface area contributed by atoms with Gasteiger partial charge in [0.2, 0.25) is 0 Å². The average Bonchev–Trinajstić information content (AvgIpc) is 2.63. The Hall–Kier alpha value is -0.830. The fraction of sp³-hybridized carbons (Fsp3) is 0.769. The third kappa shape index (κ3) is 4.35. The van der Waals surface area contributed by atoms with E-state index in [0.29, 0.717) is 11.8 Å². The van der Waals surface area contributed by atoms with Crippen molar-refractivity contribution in [1.82, 2.24) is 15.1 Å². The number of nitrogens with one attached hydrogen (secondary N) is 1. The van der Waals surface area contributed by atoms with Gasteiger partial charge < -0.3 is 5.32 Å². The molecule has 0 radical (unpaired) electrons. The molecule has 0 fully saturated rings. The Bertz CT molecular complexity index is 291. The monoisotopic (exact) mass is 223 g/mol. The van der Waals surface area contributed by atoms with Gasteiger partial charge in [0.15, 0.2) is 0 Å². The molecule has 0 saturated carbocycles. The SMILES string of the molecule is CCCNCC(Cc1cnn(C)c1)C(C)C. The van der Waals surface area contributed by atoms with Crippen molar-refractivity contribution < 1.29 is 0 Å². The second-order valence-corrected chi connectivity index (χ2v) is 4.93. The highest BCUT2D eigenvalue weighted by atomic mass is 15.2. The van der Waals surface area contributed by atoms with Gasteiger partial charge >= 0.3 is 0 Å². The summed E-state index contributed by atoms with van der Waals surface area (Å²) in [5, 5.41) is 7.74. The first-order valence-corrected chi connectivity index (χ1v) is 6.31. The maximum absolute atomic E-state index is 4.22. The molecule has 0 saturated heterocycles. The summed E-state index contributed by atoms with van der Waals surface area (Å²) in [7, 11) is 1.98. The smallest absolute Gasteiger partial charge is 0.0521 e. The zero-order valence-electron chi connectivity index (χ0n) is 11.0. The summed E-state index contributed by atoms with van der Waals surface area (Å²) in [5.74, 6) is 1.42. The zero-order valence-corrected chi connectivity index (χ0v) is 11.0. The lowest BCUT2D eigenvalue weighted by molar-refractivity contribution is 0.361. The van der Waals surface area contributed by atoms with Gasteiger partial charge in [0.1, 0.15) is 0 Å². The molecule has 0 bridgehead atoms. The van der Waals surface area contributed by atoms with Gasteiger partial charge in [-0.1, -0.05) is 20.8 Å². The molecule has 1 unspecified atom stereocenters. The summed E-state index contributed by atoms with van der Waals surface area (Å²) in [4.78, 5) is 0. The molecule has 1 atom stereocenters. The molecule has 0 aromatic carbocycles. The first-order chi connectivity index (χ1) is 7.63. The van der Waals surface area contributed by atoms with Gasteiger partial charge in [-0.25, -0.2) is 0 Å². The minimum Gasteiger partial charge on any atom is -0.316 e. The Labute approximate surface area is 99.2 Å². The molecule has 3 heteroatoms. The Morgan fingerprint density at radius 1 is 1.44 bits per heavy atom. The van der Waals surface area contributed by atoms with Crippen LogP contribution in [0.2, 0.25) is 0 Å². The molecule has 1 aromatic heterocycles. The van der Waals surface area contributed by atoms with Crippen molar-refractivity contribution in [3.63, 3.8) is 0 Å². The van der Waals surface area contributed by atoms with Gasteiger partial charge in [-0.3, -0.25) is 4.68 Å². The first kappa shape index (κ1) is 13.2. The molecular formula is C13H25N3. The van der Waals surface area contributed by atoms with Gasteiger partial charge in [0, 0.05) is 13.2 Å². The van der Waals surface area contributed by atoms with Gasteiger partial charge in [-0.05, 0) is 43.3 Å². The van der Waals surface area contributed by atoms with E-state index in [1.165, 1.54) is 12.0 Å². The zero-order chi connectivity index (χ0) is 12.0. The van der Waals surface area contributed by atoms with Crippen LogP contribution in [0, 0.1) is 11.8 Å². The lowest BCUT2D eigenvalue weighted by atomic mass is 9.90. The fourth-order valence-corrected chi connectivity index (χ4v) is 1.89. The Morgan fingerprint density at radius 2 is 2.19 bits per heavy atom. The van der Waals surface area contributed by atoms with E-state index in [2.05, 4.69) is 37.4 Å². The average molecular weight is 223 g/mol. The van der Waals surface area contributed by atoms with Crippen LogP contribution in [0.3, 0.4) is 0 Å². The predicted octanol–water partition coefficient (Wildman–Crippen LogP) is 2.23. The Morgan fingerprint density at radius 3 is 2.69 bits per heavy atom. The van der Waals surface area contributed by atoms with E-state index in [1.54, 1.807) is 0 Å². The van der Waals surface area contributed by atoms with Gasteiger partial charge in [-0.2, -0.15) is 5.10 Å². The first-order valence-electron chi connectivity index (χ1n) is 6.31. The Balaban J connectivity index is 2.44. The van der Waals surface area contributed by atoms with Gasteiger partial charge in [0.25, 0.3) is 0 Å². The molecule has 1 aromatic rings. The van der Waals surface area contributed by atoms with Crippen LogP contribution in [-0.2, 0) is 13.5 Å². The van der Waals surface area contributed by atoms with E-state index < -0.39 is 0 Å². The third-order valence-corrected chi connectivity index (χ3v) is 3.03. The van der Waals surface area contributed by atoms with E-state index in [4.69, 9.17) is 0 Å². The lowest BCUT2D eigenvalue weighted by Crippen LogP contribution is -2.28. The topological polar surface area (TPSA) is 29.9 Å². The third-order valence-electron chi connectivity index (χ3n) is 3.03. The normalized spacial score (nSPS) is 13.3. The van der Waals surface area contributed by atoms with Crippen molar-refractivity contribution in [1.29, 1.82) is 0 Å². The maximum Gasteiger partial charge on any atom is 0.0521 e. The fourth-order valence-electron chi connectivity index (χ4n) is 1.89. The van der Waals surface area contributed by atoms with Crippen LogP contribution in [0.5, 0.6) is 0 Å². The van der Waals surface area contributed by atoms with Crippen LogP contribution in [0.15, 0.2) is 12.4 Å². The summed E-state index contributed by atoms with van der Waals surface area (Å²) in [5.41, 5.74) is 1.35. The second kappa shape index (κ2) is 6.69. The van der Waals surface area contributed by atoms with E-state index >= 15 is 0 Å². The number of aromatic nitrogens is 2. The summed E-state index contributed by atoms with van der Waals surface area (Å²) in [6.45, 7) is 9.04. The van der Waals surface area contributed by atoms with Crippen molar-refractivity contribution in [3.05, 3.63) is 18.0 Å². The highest BCUT2D eigenvalue weighted by molar-refractivity contribution is 5.05. The van der Waals surface area contributed by atoms with Crippen LogP contribution < -0.4 is 5.32 Å². The van der Waals surface area contributed by atoms with Gasteiger partial charge in [0.05, 0.1) is 6.20 Å². The summed E-state index contributed by atoms with van der Waals surface area (Å²) in [6.07, 6.45) is 6.43. The van der Waals surface area contributed by atoms with Crippen LogP contribution in [0.1, 0.15) is 32.8 Å². The molecule has 0 amide bonds. The molecule has 3 nitrogen and oxygen atoms in total. The molecular weight excluding hydrogens is 198 g/mol. The number of nitrogens with zero attached hydrogens (tertiary/aromatic N) is 2. The highest BCUT2D eigenvalue weighted by Crippen LogP contribution is 2.16. The second-order valence-electron chi connectivity index (χ2n) is 4.93. The minimum absolute atomic E-state index is 0.704. The standard InChI is InChI=1S/C13H25N3/c1-5-6-14-9-13(11(2)3)7-12-8-15-16(4)10-12/h8,10-11,13-14H,5-7,9H2,1-4H3. The number of hydrogen-bond acceptors (Lipinski definition) is 2. The molecule has 0 aliphatic carbocycles. The van der Waals surface area contributed by atoms with Crippen molar-refractivity contribution in [3.8, 4) is 0 Å². The summed E-state index contributed by atoms with van der Waals surface area (Å²) < 4.78 is 1.88. The number of aryl methyl sites for hydroxylation is 1. The summed E-state index contributed by atoms with van der Waals surface area (Å²) in [6, 6.07) is 0. The van der Waals surface area contributed by atoms with Crippen LogP contribution >= 0.6 is 0 Å². The van der Waals surface area contributed by atoms with E-state index in [-0.39, 0.29) is 0 Å². The molecule has 0 spiro atoms. The Kier molecular flexibility index (Phi) is 5.53. The molecule has 1 rings (SSSR count). The minimum atomic E-state index is 0.704. The van der Waals surface area contributed by atoms with Crippen LogP contribution in [0.25, 0.3) is 0 Å². The lowest BCUT2D eigenvalue weighted by Gasteiger charge is -2.20. The molecule has 92 valence electrons. The van der Waals surface area contributed by atoms with Crippen molar-refractivity contribution in [2.75, 3.05) is 13.1 Å².